The molecule has 4 rings (SSSR count). The molecule has 0 spiro atoms. The summed E-state index contributed by atoms with van der Waals surface area (Å²) in [7, 11) is -2.62. The maximum Gasteiger partial charge on any atom is 0.311 e. The molecule has 1 fully saturated rings. The van der Waals surface area contributed by atoms with Crippen LogP contribution in [0.3, 0.4) is 0 Å². The molecule has 0 bridgehead atoms. The average Bonchev–Trinajstić information content (AvgIpc) is 3.10. The molecule has 3 aromatic rings. The fourth-order valence-corrected chi connectivity index (χ4v) is 4.80. The number of carbonyl (C=O) groups is 1. The number of nitrogens with one attached hydrogen (secondary N) is 3. The molecule has 2 heterocycles. The molecule has 1 aliphatic heterocycles. The van der Waals surface area contributed by atoms with Crippen molar-refractivity contribution in [3.63, 3.8) is 0 Å². The number of anilines is 1. The van der Waals surface area contributed by atoms with E-state index in [0.29, 0.717) is 0 Å². The number of carbonyl (C=O) groups excluding carboxylic acids is 1. The lowest BCUT2D eigenvalue weighted by atomic mass is 9.93. The third kappa shape index (κ3) is 3.69. The largest absolute Gasteiger partial charge is 0.432 e. The molecule has 0 radical (unpaired) electrons. The van der Waals surface area contributed by atoms with Crippen LogP contribution in [0.4, 0.5) is 14.5 Å². The summed E-state index contributed by atoms with van der Waals surface area (Å²) in [6, 6.07) is 7.27. The van der Waals surface area contributed by atoms with Gasteiger partial charge < -0.3 is 15.1 Å². The highest BCUT2D eigenvalue weighted by Gasteiger charge is 2.43. The summed E-state index contributed by atoms with van der Waals surface area (Å²) >= 11 is 0. The summed E-state index contributed by atoms with van der Waals surface area (Å²) in [6.45, 7) is 1.45. The van der Waals surface area contributed by atoms with Crippen LogP contribution >= 0.6 is 0 Å². The molecule has 1 atom stereocenters. The number of rotatable bonds is 3. The summed E-state index contributed by atoms with van der Waals surface area (Å²) in [5, 5.41) is 13.1. The Morgan fingerprint density at radius 2 is 2.03 bits per heavy atom. The second kappa shape index (κ2) is 7.01. The van der Waals surface area contributed by atoms with E-state index >= 15 is 0 Å². The van der Waals surface area contributed by atoms with Gasteiger partial charge in [-0.1, -0.05) is 0 Å². The van der Waals surface area contributed by atoms with E-state index in [0.717, 1.165) is 16.4 Å². The predicted octanol–water partition coefficient (Wildman–Crippen LogP) is 2.37. The molecule has 0 aliphatic carbocycles. The van der Waals surface area contributed by atoms with Crippen molar-refractivity contribution in [2.75, 3.05) is 18.1 Å². The van der Waals surface area contributed by atoms with Gasteiger partial charge in [0.05, 0.1) is 11.3 Å². The van der Waals surface area contributed by atoms with Crippen LogP contribution in [0, 0.1) is 17.0 Å². The van der Waals surface area contributed by atoms with Crippen molar-refractivity contribution in [2.45, 2.75) is 12.5 Å². The van der Waals surface area contributed by atoms with Crippen LogP contribution in [-0.2, 0) is 15.6 Å². The molecule has 1 unspecified atom stereocenters. The second-order valence-corrected chi connectivity index (χ2v) is 9.31. The number of amides is 1. The maximum atomic E-state index is 14.6. The van der Waals surface area contributed by atoms with E-state index in [1.807, 2.05) is 0 Å². The van der Waals surface area contributed by atoms with E-state index in [9.17, 15) is 22.0 Å². The van der Waals surface area contributed by atoms with Crippen LogP contribution in [0.1, 0.15) is 23.2 Å². The zero-order valence-corrected chi connectivity index (χ0v) is 17.2. The number of guanidine groups is 1. The third-order valence-corrected chi connectivity index (χ3v) is 6.92. The molecule has 3 N–H and O–H groups in total. The van der Waals surface area contributed by atoms with Crippen molar-refractivity contribution in [3.8, 4) is 0 Å². The number of aromatic nitrogens is 1. The molecule has 9 nitrogen and oxygen atoms in total. The van der Waals surface area contributed by atoms with Crippen LogP contribution in [0.25, 0.3) is 11.1 Å². The number of fused-ring (bicyclic) bond motifs is 1. The number of hydrogen-bond acceptors (Lipinski definition) is 6. The average molecular weight is 449 g/mol. The van der Waals surface area contributed by atoms with Gasteiger partial charge in [-0.05, 0) is 37.3 Å². The minimum atomic E-state index is -3.84. The third-order valence-electron chi connectivity index (χ3n) is 4.96. The number of oxazole rings is 1. The standard InChI is InChI=1S/C19H17F2N5O4S/c1-19(9-31(28,29)26(2)18(22)25-19)12-8-11(4-5-13(12)21)23-16(27)17-24-14-7-10(20)3-6-15(14)30-17/h3-8H,9H2,1-2H3,(H2,22,25)(H,23,27). The molecule has 162 valence electrons. The lowest BCUT2D eigenvalue weighted by molar-refractivity contribution is 0.0992. The van der Waals surface area contributed by atoms with E-state index in [-0.39, 0.29) is 28.2 Å². The number of benzene rings is 2. The summed E-state index contributed by atoms with van der Waals surface area (Å²) < 4.78 is 58.7. The maximum absolute atomic E-state index is 14.6. The van der Waals surface area contributed by atoms with Crippen molar-refractivity contribution in [1.82, 2.24) is 14.6 Å². The lowest BCUT2D eigenvalue weighted by Crippen LogP contribution is -2.61. The summed E-state index contributed by atoms with van der Waals surface area (Å²) in [4.78, 5) is 16.4. The molecule has 1 saturated heterocycles. The molecule has 31 heavy (non-hydrogen) atoms. The van der Waals surface area contributed by atoms with Crippen LogP contribution < -0.4 is 10.6 Å². The van der Waals surface area contributed by atoms with Crippen molar-refractivity contribution in [1.29, 1.82) is 5.41 Å². The predicted molar refractivity (Wildman–Crippen MR) is 108 cm³/mol. The molecule has 12 heteroatoms. The highest BCUT2D eigenvalue weighted by Crippen LogP contribution is 2.31. The van der Waals surface area contributed by atoms with Gasteiger partial charge in [0, 0.05) is 24.4 Å². The first-order chi connectivity index (χ1) is 14.5. The Bertz CT molecular complexity index is 1340. The fourth-order valence-electron chi connectivity index (χ4n) is 3.33. The minimum Gasteiger partial charge on any atom is -0.432 e. The van der Waals surface area contributed by atoms with E-state index in [4.69, 9.17) is 9.83 Å². The van der Waals surface area contributed by atoms with E-state index < -0.39 is 44.8 Å². The topological polar surface area (TPSA) is 128 Å². The highest BCUT2D eigenvalue weighted by molar-refractivity contribution is 7.89. The van der Waals surface area contributed by atoms with Gasteiger partial charge in [-0.25, -0.2) is 26.5 Å². The van der Waals surface area contributed by atoms with Crippen molar-refractivity contribution in [3.05, 3.63) is 59.5 Å². The molecular formula is C19H17F2N5O4S. The van der Waals surface area contributed by atoms with E-state index in [1.54, 1.807) is 0 Å². The lowest BCUT2D eigenvalue weighted by Gasteiger charge is -2.40. The number of halogens is 2. The van der Waals surface area contributed by atoms with Crippen LogP contribution in [0.5, 0.6) is 0 Å². The normalized spacial score (nSPS) is 20.5. The summed E-state index contributed by atoms with van der Waals surface area (Å²) in [6.07, 6.45) is 0. The summed E-state index contributed by atoms with van der Waals surface area (Å²) in [5.41, 5.74) is -0.954. The van der Waals surface area contributed by atoms with Crippen LogP contribution in [-0.4, -0.2) is 42.4 Å². The number of nitrogens with zero attached hydrogens (tertiary/aromatic N) is 2. The zero-order chi connectivity index (χ0) is 22.6. The molecule has 0 saturated carbocycles. The van der Waals surface area contributed by atoms with Gasteiger partial charge in [0.25, 0.3) is 5.89 Å². The molecule has 1 aliphatic rings. The first-order valence-corrected chi connectivity index (χ1v) is 10.6. The van der Waals surface area contributed by atoms with E-state index in [1.165, 1.54) is 38.2 Å². The smallest absolute Gasteiger partial charge is 0.311 e. The zero-order valence-electron chi connectivity index (χ0n) is 16.4. The molecular weight excluding hydrogens is 432 g/mol. The van der Waals surface area contributed by atoms with Gasteiger partial charge in [0.2, 0.25) is 16.0 Å². The van der Waals surface area contributed by atoms with Gasteiger partial charge in [0.15, 0.2) is 5.58 Å². The Labute approximate surface area is 175 Å². The van der Waals surface area contributed by atoms with E-state index in [2.05, 4.69) is 15.6 Å². The molecule has 1 amide bonds. The Morgan fingerprint density at radius 3 is 2.74 bits per heavy atom. The van der Waals surface area contributed by atoms with Gasteiger partial charge in [-0.2, -0.15) is 0 Å². The van der Waals surface area contributed by atoms with Crippen LogP contribution in [0.2, 0.25) is 0 Å². The van der Waals surface area contributed by atoms with Crippen LogP contribution in [0.15, 0.2) is 40.8 Å². The molecule has 1 aromatic heterocycles. The van der Waals surface area contributed by atoms with Gasteiger partial charge in [-0.3, -0.25) is 10.2 Å². The minimum absolute atomic E-state index is 0.0497. The first-order valence-electron chi connectivity index (χ1n) is 8.99. The quantitative estimate of drug-likeness (QED) is 0.563. The highest BCUT2D eigenvalue weighted by atomic mass is 32.2. The first kappa shape index (κ1) is 20.7. The Hall–Kier alpha value is -3.54. The number of hydrogen-bond donors (Lipinski definition) is 3. The Kier molecular flexibility index (Phi) is 4.69. The van der Waals surface area contributed by atoms with Crippen molar-refractivity contribution >= 4 is 38.7 Å². The SMILES string of the molecule is CN1C(=N)NC(C)(c2cc(NC(=O)c3nc4cc(F)ccc4o3)ccc2F)CS1(=O)=O. The van der Waals surface area contributed by atoms with Gasteiger partial charge in [-0.15, -0.1) is 0 Å². The van der Waals surface area contributed by atoms with Gasteiger partial charge >= 0.3 is 5.91 Å². The Balaban J connectivity index is 1.64. The fraction of sp³-hybridized carbons (Fsp3) is 0.211. The van der Waals surface area contributed by atoms with Crippen molar-refractivity contribution in [2.24, 2.45) is 0 Å². The van der Waals surface area contributed by atoms with Crippen molar-refractivity contribution < 1.29 is 26.4 Å². The second-order valence-electron chi connectivity index (χ2n) is 7.31. The molecule has 2 aromatic carbocycles. The monoisotopic (exact) mass is 449 g/mol. The number of sulfonamides is 1. The summed E-state index contributed by atoms with van der Waals surface area (Å²) in [5.74, 6) is -3.21. The van der Waals surface area contributed by atoms with Gasteiger partial charge in [0.1, 0.15) is 17.2 Å². The Morgan fingerprint density at radius 1 is 1.29 bits per heavy atom.